The van der Waals surface area contributed by atoms with Gasteiger partial charge in [-0.1, -0.05) is 17.7 Å². The standard InChI is InChI=1S/C8H7N.2H2O/c1-7-2-4-8(6-9)5-3-7;;/h2-5H,1H3;2*1H2. The maximum atomic E-state index is 8.38. The topological polar surface area (TPSA) is 86.8 Å². The summed E-state index contributed by atoms with van der Waals surface area (Å²) in [6, 6.07) is 9.54. The fourth-order valence-corrected chi connectivity index (χ4v) is 0.628. The van der Waals surface area contributed by atoms with Gasteiger partial charge in [0.1, 0.15) is 0 Å². The summed E-state index contributed by atoms with van der Waals surface area (Å²) >= 11 is 0. The molecule has 0 aliphatic rings. The van der Waals surface area contributed by atoms with Crippen LogP contribution in [0.4, 0.5) is 0 Å². The number of benzene rings is 1. The second-order valence-corrected chi connectivity index (χ2v) is 1.98. The van der Waals surface area contributed by atoms with E-state index in [1.165, 1.54) is 5.56 Å². The van der Waals surface area contributed by atoms with Crippen molar-refractivity contribution in [2.45, 2.75) is 6.92 Å². The predicted octanol–water partition coefficient (Wildman–Crippen LogP) is 0.217. The quantitative estimate of drug-likeness (QED) is 0.524. The number of rotatable bonds is 0. The molecule has 0 spiro atoms. The molecule has 1 rings (SSSR count). The van der Waals surface area contributed by atoms with Crippen molar-refractivity contribution in [3.63, 3.8) is 0 Å². The van der Waals surface area contributed by atoms with Crippen LogP contribution < -0.4 is 0 Å². The van der Waals surface area contributed by atoms with Gasteiger partial charge in [-0.05, 0) is 19.1 Å². The number of aryl methyl sites for hydroxylation is 1. The number of hydrogen-bond donors (Lipinski definition) is 0. The molecule has 11 heavy (non-hydrogen) atoms. The minimum atomic E-state index is 0. The minimum absolute atomic E-state index is 0. The van der Waals surface area contributed by atoms with E-state index in [4.69, 9.17) is 5.26 Å². The number of hydrogen-bond acceptors (Lipinski definition) is 1. The molecule has 3 nitrogen and oxygen atoms in total. The van der Waals surface area contributed by atoms with Crippen LogP contribution in [0.15, 0.2) is 24.3 Å². The lowest BCUT2D eigenvalue weighted by Crippen LogP contribution is -1.72. The molecule has 3 heteroatoms. The Morgan fingerprint density at radius 3 is 1.91 bits per heavy atom. The van der Waals surface area contributed by atoms with E-state index in [1.54, 1.807) is 0 Å². The van der Waals surface area contributed by atoms with Crippen LogP contribution in [0.5, 0.6) is 0 Å². The minimum Gasteiger partial charge on any atom is -0.412 e. The van der Waals surface area contributed by atoms with Crippen molar-refractivity contribution in [3.8, 4) is 6.07 Å². The zero-order chi connectivity index (χ0) is 6.69. The van der Waals surface area contributed by atoms with Gasteiger partial charge in [0.15, 0.2) is 0 Å². The van der Waals surface area contributed by atoms with Crippen LogP contribution in [-0.2, 0) is 0 Å². The normalized spacial score (nSPS) is 6.91. The summed E-state index contributed by atoms with van der Waals surface area (Å²) in [6.45, 7) is 2.00. The van der Waals surface area contributed by atoms with Gasteiger partial charge in [-0.25, -0.2) is 0 Å². The van der Waals surface area contributed by atoms with Crippen molar-refractivity contribution in [3.05, 3.63) is 35.4 Å². The average Bonchev–Trinajstić information content (AvgIpc) is 1.90. The largest absolute Gasteiger partial charge is 0.412 e. The molecule has 0 bridgehead atoms. The third kappa shape index (κ3) is 3.36. The Kier molecular flexibility index (Phi) is 6.07. The molecular weight excluding hydrogens is 142 g/mol. The highest BCUT2D eigenvalue weighted by Crippen LogP contribution is 1.99. The molecule has 0 aromatic heterocycles. The van der Waals surface area contributed by atoms with Gasteiger partial charge >= 0.3 is 0 Å². The third-order valence-corrected chi connectivity index (χ3v) is 1.18. The Bertz CT molecular complexity index is 235. The van der Waals surface area contributed by atoms with Gasteiger partial charge in [-0.2, -0.15) is 5.26 Å². The Morgan fingerprint density at radius 2 is 1.55 bits per heavy atom. The highest BCUT2D eigenvalue weighted by atomic mass is 16.0. The van der Waals surface area contributed by atoms with Crippen molar-refractivity contribution in [2.75, 3.05) is 0 Å². The van der Waals surface area contributed by atoms with Gasteiger partial charge in [-0.3, -0.25) is 0 Å². The Balaban J connectivity index is 0. The maximum absolute atomic E-state index is 8.38. The van der Waals surface area contributed by atoms with E-state index in [9.17, 15) is 0 Å². The zero-order valence-corrected chi connectivity index (χ0v) is 6.26. The molecule has 60 valence electrons. The van der Waals surface area contributed by atoms with Gasteiger partial charge in [0.2, 0.25) is 0 Å². The van der Waals surface area contributed by atoms with Gasteiger partial charge in [0.05, 0.1) is 11.6 Å². The monoisotopic (exact) mass is 153 g/mol. The molecule has 1 aromatic rings. The lowest BCUT2D eigenvalue weighted by molar-refractivity contribution is 0.823. The van der Waals surface area contributed by atoms with Crippen LogP contribution in [-0.4, -0.2) is 11.0 Å². The molecule has 0 fully saturated rings. The van der Waals surface area contributed by atoms with Crippen LogP contribution in [0, 0.1) is 18.3 Å². The van der Waals surface area contributed by atoms with E-state index < -0.39 is 0 Å². The highest BCUT2D eigenvalue weighted by molar-refractivity contribution is 5.30. The number of nitriles is 1. The molecule has 0 heterocycles. The molecule has 4 N–H and O–H groups in total. The van der Waals surface area contributed by atoms with Crippen molar-refractivity contribution in [1.29, 1.82) is 5.26 Å². The lowest BCUT2D eigenvalue weighted by Gasteiger charge is -1.88. The maximum Gasteiger partial charge on any atom is 0.0991 e. The van der Waals surface area contributed by atoms with Gasteiger partial charge in [-0.15, -0.1) is 0 Å². The molecule has 1 aromatic carbocycles. The van der Waals surface area contributed by atoms with Crippen LogP contribution in [0.2, 0.25) is 0 Å². The molecule has 0 amide bonds. The predicted molar refractivity (Wildman–Crippen MR) is 43.1 cm³/mol. The molecule has 0 radical (unpaired) electrons. The van der Waals surface area contributed by atoms with Crippen LogP contribution >= 0.6 is 0 Å². The first kappa shape index (κ1) is 12.3. The van der Waals surface area contributed by atoms with Crippen molar-refractivity contribution in [2.24, 2.45) is 0 Å². The highest BCUT2D eigenvalue weighted by Gasteiger charge is 1.84. The van der Waals surface area contributed by atoms with Gasteiger partial charge < -0.3 is 11.0 Å². The first-order chi connectivity index (χ1) is 4.33. The molecule has 0 saturated heterocycles. The second kappa shape index (κ2) is 5.42. The van der Waals surface area contributed by atoms with Gasteiger partial charge in [0.25, 0.3) is 0 Å². The average molecular weight is 153 g/mol. The van der Waals surface area contributed by atoms with Crippen molar-refractivity contribution < 1.29 is 11.0 Å². The Hall–Kier alpha value is -1.37. The van der Waals surface area contributed by atoms with Crippen LogP contribution in [0.1, 0.15) is 11.1 Å². The molecule has 0 aliphatic carbocycles. The van der Waals surface area contributed by atoms with Crippen molar-refractivity contribution >= 4 is 0 Å². The SMILES string of the molecule is Cc1ccc(C#N)cc1.O.O. The summed E-state index contributed by atoms with van der Waals surface area (Å²) in [5, 5.41) is 8.38. The first-order valence-corrected chi connectivity index (χ1v) is 2.79. The van der Waals surface area contributed by atoms with E-state index in [1.807, 2.05) is 31.2 Å². The first-order valence-electron chi connectivity index (χ1n) is 2.79. The fraction of sp³-hybridized carbons (Fsp3) is 0.125. The molecular formula is C8H11NO2. The summed E-state index contributed by atoms with van der Waals surface area (Å²) in [5.74, 6) is 0. The zero-order valence-electron chi connectivity index (χ0n) is 6.26. The van der Waals surface area contributed by atoms with E-state index >= 15 is 0 Å². The lowest BCUT2D eigenvalue weighted by atomic mass is 10.2. The molecule has 0 atom stereocenters. The Labute approximate surface area is 65.5 Å². The Morgan fingerprint density at radius 1 is 1.09 bits per heavy atom. The second-order valence-electron chi connectivity index (χ2n) is 1.98. The molecule has 0 saturated carbocycles. The smallest absolute Gasteiger partial charge is 0.0991 e. The van der Waals surface area contributed by atoms with Crippen molar-refractivity contribution in [1.82, 2.24) is 0 Å². The van der Waals surface area contributed by atoms with E-state index in [0.717, 1.165) is 5.56 Å². The molecule has 0 aliphatic heterocycles. The van der Waals surface area contributed by atoms with E-state index in [0.29, 0.717) is 0 Å². The fourth-order valence-electron chi connectivity index (χ4n) is 0.628. The van der Waals surface area contributed by atoms with Crippen LogP contribution in [0.25, 0.3) is 0 Å². The summed E-state index contributed by atoms with van der Waals surface area (Å²) < 4.78 is 0. The molecule has 0 unspecified atom stereocenters. The van der Waals surface area contributed by atoms with Crippen LogP contribution in [0.3, 0.4) is 0 Å². The van der Waals surface area contributed by atoms with Gasteiger partial charge in [0, 0.05) is 0 Å². The third-order valence-electron chi connectivity index (χ3n) is 1.18. The summed E-state index contributed by atoms with van der Waals surface area (Å²) in [5.41, 5.74) is 1.91. The summed E-state index contributed by atoms with van der Waals surface area (Å²) in [6.07, 6.45) is 0. The van der Waals surface area contributed by atoms with E-state index in [2.05, 4.69) is 6.07 Å². The van der Waals surface area contributed by atoms with E-state index in [-0.39, 0.29) is 11.0 Å². The summed E-state index contributed by atoms with van der Waals surface area (Å²) in [4.78, 5) is 0. The number of nitrogens with zero attached hydrogens (tertiary/aromatic N) is 1. The summed E-state index contributed by atoms with van der Waals surface area (Å²) in [7, 11) is 0.